The Morgan fingerprint density at radius 2 is 2.32 bits per heavy atom. The molecule has 10 nitrogen and oxygen atoms in total. The Morgan fingerprint density at radius 3 is 2.89 bits per heavy atom. The monoisotopic (exact) mass is 265 g/mol. The largest absolute Gasteiger partial charge is 0.478 e. The molecular weight excluding hydrogens is 258 g/mol. The van der Waals surface area contributed by atoms with E-state index in [4.69, 9.17) is 5.11 Å². The molecule has 2 heterocycles. The number of carbonyl (C=O) groups is 1. The summed E-state index contributed by atoms with van der Waals surface area (Å²) in [5.41, 5.74) is -0.131. The van der Waals surface area contributed by atoms with Crippen LogP contribution < -0.4 is 5.32 Å². The van der Waals surface area contributed by atoms with Gasteiger partial charge in [0.15, 0.2) is 12.0 Å². The molecule has 0 bridgehead atoms. The first kappa shape index (κ1) is 12.4. The summed E-state index contributed by atoms with van der Waals surface area (Å²) in [5.74, 6) is -1.53. The molecule has 0 unspecified atom stereocenters. The van der Waals surface area contributed by atoms with E-state index in [1.165, 1.54) is 0 Å². The van der Waals surface area contributed by atoms with Crippen LogP contribution in [0.15, 0.2) is 23.2 Å². The normalized spacial score (nSPS) is 10.1. The van der Waals surface area contributed by atoms with Crippen LogP contribution in [0, 0.1) is 10.1 Å². The standard InChI is InChI=1S/C9H7N5O5/c15-9(16)5-1-8(14(17)18)11-2-6(5)10-3-7-12-4-19-13-7/h1-2,4,10H,3H2,(H,15,16). The van der Waals surface area contributed by atoms with Gasteiger partial charge >= 0.3 is 11.8 Å². The van der Waals surface area contributed by atoms with Crippen molar-refractivity contribution in [2.24, 2.45) is 0 Å². The molecule has 0 aliphatic heterocycles. The van der Waals surface area contributed by atoms with E-state index in [9.17, 15) is 14.9 Å². The third-order valence-corrected chi connectivity index (χ3v) is 2.15. The molecule has 2 aromatic rings. The van der Waals surface area contributed by atoms with Gasteiger partial charge in [-0.05, 0) is 9.91 Å². The third-order valence-electron chi connectivity index (χ3n) is 2.15. The Hall–Kier alpha value is -3.04. The fourth-order valence-corrected chi connectivity index (χ4v) is 1.31. The zero-order chi connectivity index (χ0) is 13.8. The average Bonchev–Trinajstić information content (AvgIpc) is 2.89. The molecule has 0 spiro atoms. The van der Waals surface area contributed by atoms with Crippen molar-refractivity contribution in [2.75, 3.05) is 5.32 Å². The molecular formula is C9H7N5O5. The molecule has 19 heavy (non-hydrogen) atoms. The van der Waals surface area contributed by atoms with E-state index in [0.717, 1.165) is 18.7 Å². The maximum Gasteiger partial charge on any atom is 0.364 e. The van der Waals surface area contributed by atoms with Crippen molar-refractivity contribution in [1.82, 2.24) is 15.1 Å². The first-order chi connectivity index (χ1) is 9.08. The van der Waals surface area contributed by atoms with Crippen molar-refractivity contribution in [3.63, 3.8) is 0 Å². The molecule has 0 radical (unpaired) electrons. The Kier molecular flexibility index (Phi) is 3.32. The highest BCUT2D eigenvalue weighted by Crippen LogP contribution is 2.19. The minimum absolute atomic E-state index is 0.107. The number of nitrogens with zero attached hydrogens (tertiary/aromatic N) is 4. The molecule has 0 saturated heterocycles. The molecule has 0 aliphatic rings. The summed E-state index contributed by atoms with van der Waals surface area (Å²) in [4.78, 5) is 28.0. The van der Waals surface area contributed by atoms with Crippen LogP contribution in [0.25, 0.3) is 0 Å². The Bertz CT molecular complexity index is 611. The zero-order valence-electron chi connectivity index (χ0n) is 9.31. The molecule has 2 rings (SSSR count). The van der Waals surface area contributed by atoms with E-state index in [1.807, 2.05) is 0 Å². The number of aromatic nitrogens is 3. The van der Waals surface area contributed by atoms with Crippen molar-refractivity contribution in [3.05, 3.63) is 40.2 Å². The van der Waals surface area contributed by atoms with E-state index < -0.39 is 16.7 Å². The molecule has 10 heteroatoms. The van der Waals surface area contributed by atoms with Crippen molar-refractivity contribution >= 4 is 17.5 Å². The van der Waals surface area contributed by atoms with Gasteiger partial charge in [-0.2, -0.15) is 4.98 Å². The number of nitrogens with one attached hydrogen (secondary N) is 1. The minimum atomic E-state index is -1.30. The van der Waals surface area contributed by atoms with Gasteiger partial charge in [0.1, 0.15) is 0 Å². The van der Waals surface area contributed by atoms with Crippen LogP contribution in [-0.2, 0) is 6.54 Å². The lowest BCUT2D eigenvalue weighted by Crippen LogP contribution is -2.09. The van der Waals surface area contributed by atoms with Gasteiger partial charge in [-0.1, -0.05) is 5.16 Å². The van der Waals surface area contributed by atoms with E-state index >= 15 is 0 Å². The number of rotatable bonds is 5. The van der Waals surface area contributed by atoms with Crippen molar-refractivity contribution < 1.29 is 19.3 Å². The number of nitro groups is 1. The zero-order valence-corrected chi connectivity index (χ0v) is 9.31. The van der Waals surface area contributed by atoms with Gasteiger partial charge in [0.2, 0.25) is 6.39 Å². The summed E-state index contributed by atoms with van der Waals surface area (Å²) in [5, 5.41) is 25.8. The molecule has 0 saturated carbocycles. The highest BCUT2D eigenvalue weighted by Gasteiger charge is 2.18. The van der Waals surface area contributed by atoms with Crippen LogP contribution in [-0.4, -0.2) is 31.1 Å². The number of aromatic carboxylic acids is 1. The second-order valence-corrected chi connectivity index (χ2v) is 3.35. The minimum Gasteiger partial charge on any atom is -0.478 e. The second kappa shape index (κ2) is 5.08. The third kappa shape index (κ3) is 2.80. The summed E-state index contributed by atoms with van der Waals surface area (Å²) < 4.78 is 4.51. The molecule has 0 fully saturated rings. The van der Waals surface area contributed by atoms with Crippen LogP contribution in [0.3, 0.4) is 0 Å². The van der Waals surface area contributed by atoms with E-state index in [0.29, 0.717) is 5.82 Å². The predicted molar refractivity (Wildman–Crippen MR) is 59.5 cm³/mol. The summed E-state index contributed by atoms with van der Waals surface area (Å²) in [7, 11) is 0. The molecule has 2 aromatic heterocycles. The number of pyridine rings is 1. The van der Waals surface area contributed by atoms with Crippen LogP contribution in [0.5, 0.6) is 0 Å². The topological polar surface area (TPSA) is 144 Å². The summed E-state index contributed by atoms with van der Waals surface area (Å²) in [6, 6.07) is 0.876. The van der Waals surface area contributed by atoms with Crippen LogP contribution >= 0.6 is 0 Å². The van der Waals surface area contributed by atoms with Gasteiger partial charge < -0.3 is 25.1 Å². The number of hydrogen-bond donors (Lipinski definition) is 2. The molecule has 0 amide bonds. The SMILES string of the molecule is O=C(O)c1cc([N+](=O)[O-])ncc1NCc1ncon1. The van der Waals surface area contributed by atoms with Crippen LogP contribution in [0.2, 0.25) is 0 Å². The lowest BCUT2D eigenvalue weighted by Gasteiger charge is -2.05. The predicted octanol–water partition coefficient (Wildman–Crippen LogP) is 0.683. The second-order valence-electron chi connectivity index (χ2n) is 3.35. The summed E-state index contributed by atoms with van der Waals surface area (Å²) in [6.45, 7) is 0.107. The Labute approximate surface area is 105 Å². The van der Waals surface area contributed by atoms with Crippen molar-refractivity contribution in [1.29, 1.82) is 0 Å². The van der Waals surface area contributed by atoms with Gasteiger partial charge in [-0.25, -0.2) is 4.79 Å². The van der Waals surface area contributed by atoms with Crippen molar-refractivity contribution in [2.45, 2.75) is 6.54 Å². The summed E-state index contributed by atoms with van der Waals surface area (Å²) >= 11 is 0. The average molecular weight is 265 g/mol. The van der Waals surface area contributed by atoms with Gasteiger partial charge in [0, 0.05) is 0 Å². The Balaban J connectivity index is 2.24. The number of carboxylic acids is 1. The highest BCUT2D eigenvalue weighted by atomic mass is 16.6. The van der Waals surface area contributed by atoms with Gasteiger partial charge in [0.25, 0.3) is 0 Å². The molecule has 0 aliphatic carbocycles. The smallest absolute Gasteiger partial charge is 0.364 e. The number of carboxylic acid groups (broad SMARTS) is 1. The van der Waals surface area contributed by atoms with Gasteiger partial charge in [-0.15, -0.1) is 0 Å². The van der Waals surface area contributed by atoms with E-state index in [-0.39, 0.29) is 17.8 Å². The lowest BCUT2D eigenvalue weighted by molar-refractivity contribution is -0.389. The Morgan fingerprint density at radius 1 is 1.53 bits per heavy atom. The van der Waals surface area contributed by atoms with Crippen molar-refractivity contribution in [3.8, 4) is 0 Å². The maximum absolute atomic E-state index is 11.0. The van der Waals surface area contributed by atoms with Gasteiger partial charge in [0.05, 0.1) is 23.9 Å². The molecule has 98 valence electrons. The molecule has 2 N–H and O–H groups in total. The quantitative estimate of drug-likeness (QED) is 0.588. The van der Waals surface area contributed by atoms with E-state index in [1.54, 1.807) is 0 Å². The molecule has 0 atom stereocenters. The highest BCUT2D eigenvalue weighted by molar-refractivity contribution is 5.94. The van der Waals surface area contributed by atoms with Crippen LogP contribution in [0.1, 0.15) is 16.2 Å². The number of anilines is 1. The van der Waals surface area contributed by atoms with Gasteiger partial charge in [-0.3, -0.25) is 0 Å². The number of hydrogen-bond acceptors (Lipinski definition) is 8. The van der Waals surface area contributed by atoms with E-state index in [2.05, 4.69) is 25.0 Å². The summed E-state index contributed by atoms with van der Waals surface area (Å²) in [6.07, 6.45) is 2.20. The maximum atomic E-state index is 11.0. The lowest BCUT2D eigenvalue weighted by atomic mass is 10.2. The molecule has 0 aromatic carbocycles. The first-order valence-electron chi connectivity index (χ1n) is 4.95. The van der Waals surface area contributed by atoms with Crippen LogP contribution in [0.4, 0.5) is 11.5 Å². The fourth-order valence-electron chi connectivity index (χ4n) is 1.31. The first-order valence-corrected chi connectivity index (χ1v) is 4.95. The fraction of sp³-hybridized carbons (Fsp3) is 0.111.